The first-order valence-corrected chi connectivity index (χ1v) is 5.57. The van der Waals surface area contributed by atoms with E-state index in [0.717, 1.165) is 18.2 Å². The molecule has 14 heavy (non-hydrogen) atoms. The fraction of sp³-hybridized carbons (Fsp3) is 0.400. The molecule has 3 nitrogen and oxygen atoms in total. The van der Waals surface area contributed by atoms with Crippen LogP contribution in [-0.4, -0.2) is 22.2 Å². The minimum absolute atomic E-state index is 0.0571. The van der Waals surface area contributed by atoms with Crippen molar-refractivity contribution in [2.45, 2.75) is 12.8 Å². The number of unbranched alkanes of at least 4 members (excludes halogenated alkanes) is 1. The van der Waals surface area contributed by atoms with Crippen molar-refractivity contribution in [2.24, 2.45) is 0 Å². The zero-order valence-corrected chi connectivity index (χ0v) is 9.33. The second kappa shape index (κ2) is 5.75. The molecule has 0 spiro atoms. The Morgan fingerprint density at radius 1 is 1.21 bits per heavy atom. The monoisotopic (exact) mass is 260 g/mol. The summed E-state index contributed by atoms with van der Waals surface area (Å²) in [5.74, 6) is 0.486. The normalized spacial score (nSPS) is 10.1. The lowest BCUT2D eigenvalue weighted by atomic mass is 10.3. The van der Waals surface area contributed by atoms with Crippen LogP contribution in [0.15, 0.2) is 18.2 Å². The van der Waals surface area contributed by atoms with E-state index in [9.17, 15) is 5.11 Å². The highest BCUT2D eigenvalue weighted by atomic mass is 79.9. The van der Waals surface area contributed by atoms with Crippen molar-refractivity contribution in [2.75, 3.05) is 11.9 Å². The molecule has 0 unspecified atom stereocenters. The molecule has 0 heterocycles. The summed E-state index contributed by atoms with van der Waals surface area (Å²) in [6.45, 7) is 0.544. The quantitative estimate of drug-likeness (QED) is 0.486. The number of rotatable bonds is 5. The minimum atomic E-state index is 0.0571. The molecule has 0 saturated carbocycles. The van der Waals surface area contributed by atoms with Crippen molar-refractivity contribution >= 4 is 15.9 Å². The molecule has 0 atom stereocenters. The van der Waals surface area contributed by atoms with E-state index < -0.39 is 0 Å². The van der Waals surface area contributed by atoms with Crippen molar-refractivity contribution in [1.29, 1.82) is 0 Å². The number of hydrogen-bond acceptors (Lipinski definition) is 3. The summed E-state index contributed by atoms with van der Waals surface area (Å²) in [7, 11) is 0. The molecule has 0 saturated heterocycles. The number of aromatic hydroxyl groups is 2. The van der Waals surface area contributed by atoms with Gasteiger partial charge < -0.3 is 14.9 Å². The number of benzene rings is 1. The highest BCUT2D eigenvalue weighted by Crippen LogP contribution is 2.29. The number of phenols is 2. The maximum Gasteiger partial charge on any atom is 0.164 e. The Kier molecular flexibility index (Phi) is 4.59. The van der Waals surface area contributed by atoms with Gasteiger partial charge in [0, 0.05) is 11.4 Å². The molecule has 0 aliphatic rings. The van der Waals surface area contributed by atoms with Crippen LogP contribution in [0.25, 0.3) is 0 Å². The fourth-order valence-corrected chi connectivity index (χ4v) is 1.39. The molecule has 0 bridgehead atoms. The van der Waals surface area contributed by atoms with Crippen LogP contribution in [0.1, 0.15) is 12.8 Å². The van der Waals surface area contributed by atoms with E-state index in [0.29, 0.717) is 12.4 Å². The van der Waals surface area contributed by atoms with Crippen LogP contribution in [0.4, 0.5) is 0 Å². The van der Waals surface area contributed by atoms with E-state index in [1.54, 1.807) is 0 Å². The van der Waals surface area contributed by atoms with E-state index in [1.807, 2.05) is 0 Å². The van der Waals surface area contributed by atoms with Gasteiger partial charge in [0.2, 0.25) is 0 Å². The topological polar surface area (TPSA) is 49.7 Å². The molecule has 1 aromatic rings. The van der Waals surface area contributed by atoms with E-state index in [2.05, 4.69) is 15.9 Å². The van der Waals surface area contributed by atoms with Crippen LogP contribution in [0.3, 0.4) is 0 Å². The first-order valence-electron chi connectivity index (χ1n) is 4.45. The van der Waals surface area contributed by atoms with Crippen LogP contribution in [-0.2, 0) is 0 Å². The third kappa shape index (κ3) is 3.46. The van der Waals surface area contributed by atoms with Crippen LogP contribution >= 0.6 is 15.9 Å². The van der Waals surface area contributed by atoms with Gasteiger partial charge in [-0.1, -0.05) is 15.9 Å². The highest BCUT2D eigenvalue weighted by Gasteiger charge is 2.02. The lowest BCUT2D eigenvalue weighted by Crippen LogP contribution is -1.97. The fourth-order valence-electron chi connectivity index (χ4n) is 0.997. The molecule has 78 valence electrons. The summed E-state index contributed by atoms with van der Waals surface area (Å²) in [5, 5.41) is 19.4. The molecule has 1 rings (SSSR count). The first kappa shape index (κ1) is 11.2. The SMILES string of the molecule is Oc1ccc(O)c(OCCCCBr)c1. The summed E-state index contributed by atoms with van der Waals surface area (Å²) >= 11 is 3.32. The molecular formula is C10H13BrO3. The summed E-state index contributed by atoms with van der Waals surface area (Å²) in [6.07, 6.45) is 1.94. The highest BCUT2D eigenvalue weighted by molar-refractivity contribution is 9.09. The molecular weight excluding hydrogens is 248 g/mol. The Morgan fingerprint density at radius 2 is 2.00 bits per heavy atom. The number of ether oxygens (including phenoxy) is 1. The average molecular weight is 261 g/mol. The zero-order chi connectivity index (χ0) is 10.4. The number of hydrogen-bond donors (Lipinski definition) is 2. The number of phenolic OH excluding ortho intramolecular Hbond substituents is 2. The molecule has 2 N–H and O–H groups in total. The van der Waals surface area contributed by atoms with Gasteiger partial charge in [-0.3, -0.25) is 0 Å². The number of alkyl halides is 1. The van der Waals surface area contributed by atoms with Crippen LogP contribution in [0.2, 0.25) is 0 Å². The Balaban J connectivity index is 2.45. The third-order valence-corrected chi connectivity index (χ3v) is 2.29. The lowest BCUT2D eigenvalue weighted by molar-refractivity contribution is 0.291. The van der Waals surface area contributed by atoms with Gasteiger partial charge in [-0.2, -0.15) is 0 Å². The summed E-state index contributed by atoms with van der Waals surface area (Å²) in [5.41, 5.74) is 0. The van der Waals surface area contributed by atoms with Gasteiger partial charge in [0.05, 0.1) is 6.61 Å². The van der Waals surface area contributed by atoms with E-state index in [-0.39, 0.29) is 11.5 Å². The van der Waals surface area contributed by atoms with E-state index >= 15 is 0 Å². The van der Waals surface area contributed by atoms with Gasteiger partial charge in [-0.05, 0) is 25.0 Å². The van der Waals surface area contributed by atoms with Crippen molar-refractivity contribution in [1.82, 2.24) is 0 Å². The van der Waals surface area contributed by atoms with Gasteiger partial charge >= 0.3 is 0 Å². The third-order valence-electron chi connectivity index (χ3n) is 1.73. The van der Waals surface area contributed by atoms with Crippen LogP contribution < -0.4 is 4.74 Å². The van der Waals surface area contributed by atoms with Crippen molar-refractivity contribution in [3.63, 3.8) is 0 Å². The lowest BCUT2D eigenvalue weighted by Gasteiger charge is -2.07. The zero-order valence-electron chi connectivity index (χ0n) is 7.74. The standard InChI is InChI=1S/C10H13BrO3/c11-5-1-2-6-14-10-7-8(12)3-4-9(10)13/h3-4,7,12-13H,1-2,5-6H2. The molecule has 0 fully saturated rings. The second-order valence-electron chi connectivity index (χ2n) is 2.90. The van der Waals surface area contributed by atoms with Gasteiger partial charge in [0.1, 0.15) is 5.75 Å². The van der Waals surface area contributed by atoms with E-state index in [1.165, 1.54) is 18.2 Å². The predicted molar refractivity (Wildman–Crippen MR) is 58.3 cm³/mol. The number of halogens is 1. The first-order chi connectivity index (χ1) is 6.74. The largest absolute Gasteiger partial charge is 0.508 e. The Labute approximate surface area is 91.5 Å². The summed E-state index contributed by atoms with van der Waals surface area (Å²) < 4.78 is 5.29. The Bertz CT molecular complexity index is 289. The second-order valence-corrected chi connectivity index (χ2v) is 3.69. The van der Waals surface area contributed by atoms with Gasteiger partial charge in [-0.25, -0.2) is 0 Å². The van der Waals surface area contributed by atoms with Gasteiger partial charge in [0.25, 0.3) is 0 Å². The Hall–Kier alpha value is -0.900. The molecule has 0 aliphatic heterocycles. The maximum absolute atomic E-state index is 9.35. The average Bonchev–Trinajstić information content (AvgIpc) is 2.18. The van der Waals surface area contributed by atoms with Crippen molar-refractivity contribution in [3.05, 3.63) is 18.2 Å². The molecule has 1 aromatic carbocycles. The molecule has 0 radical (unpaired) electrons. The van der Waals surface area contributed by atoms with Crippen LogP contribution in [0, 0.1) is 0 Å². The van der Waals surface area contributed by atoms with Gasteiger partial charge in [-0.15, -0.1) is 0 Å². The smallest absolute Gasteiger partial charge is 0.164 e. The molecule has 0 amide bonds. The predicted octanol–water partition coefficient (Wildman–Crippen LogP) is 2.65. The van der Waals surface area contributed by atoms with Crippen molar-refractivity contribution < 1.29 is 14.9 Å². The van der Waals surface area contributed by atoms with E-state index in [4.69, 9.17) is 9.84 Å². The van der Waals surface area contributed by atoms with Gasteiger partial charge in [0.15, 0.2) is 11.5 Å². The summed E-state index contributed by atoms with van der Waals surface area (Å²) in [6, 6.07) is 4.24. The molecule has 0 aliphatic carbocycles. The molecule has 4 heteroatoms. The minimum Gasteiger partial charge on any atom is -0.508 e. The van der Waals surface area contributed by atoms with Crippen molar-refractivity contribution in [3.8, 4) is 17.2 Å². The summed E-state index contributed by atoms with van der Waals surface area (Å²) in [4.78, 5) is 0. The van der Waals surface area contributed by atoms with Crippen LogP contribution in [0.5, 0.6) is 17.2 Å². The molecule has 0 aromatic heterocycles. The maximum atomic E-state index is 9.35. The Morgan fingerprint density at radius 3 is 2.71 bits per heavy atom.